The molecule has 1 saturated carbocycles. The highest BCUT2D eigenvalue weighted by atomic mass is 32.2. The molecule has 16 heavy (non-hydrogen) atoms. The summed E-state index contributed by atoms with van der Waals surface area (Å²) in [7, 11) is 2.13. The van der Waals surface area contributed by atoms with Gasteiger partial charge >= 0.3 is 0 Å². The van der Waals surface area contributed by atoms with E-state index in [2.05, 4.69) is 44.9 Å². The minimum absolute atomic E-state index is 0.565. The second-order valence-corrected chi connectivity index (χ2v) is 7.27. The summed E-state index contributed by atoms with van der Waals surface area (Å²) in [6.07, 6.45) is 8.25. The Morgan fingerprint density at radius 3 is 2.69 bits per heavy atom. The van der Waals surface area contributed by atoms with Gasteiger partial charge in [-0.15, -0.1) is 0 Å². The Labute approximate surface area is 106 Å². The highest BCUT2D eigenvalue weighted by molar-refractivity contribution is 7.99. The summed E-state index contributed by atoms with van der Waals surface area (Å²) < 4.78 is 0. The fraction of sp³-hybridized carbons (Fsp3) is 1.00. The van der Waals surface area contributed by atoms with Crippen LogP contribution >= 0.6 is 11.8 Å². The third-order valence-electron chi connectivity index (χ3n) is 3.79. The van der Waals surface area contributed by atoms with Crippen LogP contribution in [0.1, 0.15) is 59.3 Å². The molecule has 0 aliphatic heterocycles. The van der Waals surface area contributed by atoms with Gasteiger partial charge in [-0.05, 0) is 43.9 Å². The first-order valence-electron chi connectivity index (χ1n) is 6.88. The zero-order valence-corrected chi connectivity index (χ0v) is 12.3. The molecule has 0 saturated heterocycles. The smallest absolute Gasteiger partial charge is 0.0206 e. The standard InChI is InChI=1S/C14H29NS/c1-5-6-7-10-16-13-11-14(2,3)9-8-12(13)15-4/h12-13,15H,5-11H2,1-4H3. The van der Waals surface area contributed by atoms with Crippen LogP contribution in [0.5, 0.6) is 0 Å². The number of rotatable bonds is 6. The van der Waals surface area contributed by atoms with Crippen molar-refractivity contribution in [1.82, 2.24) is 5.32 Å². The Bertz CT molecular complexity index is 191. The van der Waals surface area contributed by atoms with E-state index in [4.69, 9.17) is 0 Å². The van der Waals surface area contributed by atoms with E-state index in [1.54, 1.807) is 0 Å². The fourth-order valence-electron chi connectivity index (χ4n) is 2.61. The molecule has 0 radical (unpaired) electrons. The van der Waals surface area contributed by atoms with Gasteiger partial charge in [-0.1, -0.05) is 33.6 Å². The topological polar surface area (TPSA) is 12.0 Å². The van der Waals surface area contributed by atoms with Crippen molar-refractivity contribution in [3.05, 3.63) is 0 Å². The van der Waals surface area contributed by atoms with Crippen molar-refractivity contribution in [2.75, 3.05) is 12.8 Å². The normalized spacial score (nSPS) is 29.2. The predicted octanol–water partition coefficient (Wildman–Crippen LogP) is 4.08. The van der Waals surface area contributed by atoms with E-state index < -0.39 is 0 Å². The maximum atomic E-state index is 3.51. The van der Waals surface area contributed by atoms with Crippen molar-refractivity contribution in [1.29, 1.82) is 0 Å². The summed E-state index contributed by atoms with van der Waals surface area (Å²) in [6.45, 7) is 7.14. The summed E-state index contributed by atoms with van der Waals surface area (Å²) in [5.74, 6) is 1.35. The molecule has 1 aliphatic carbocycles. The van der Waals surface area contributed by atoms with E-state index >= 15 is 0 Å². The van der Waals surface area contributed by atoms with Crippen molar-refractivity contribution in [3.63, 3.8) is 0 Å². The molecule has 1 nitrogen and oxygen atoms in total. The summed E-state index contributed by atoms with van der Waals surface area (Å²) in [4.78, 5) is 0. The highest BCUT2D eigenvalue weighted by Gasteiger charge is 2.33. The lowest BCUT2D eigenvalue weighted by Gasteiger charge is -2.40. The second kappa shape index (κ2) is 6.90. The molecule has 1 aliphatic rings. The Morgan fingerprint density at radius 1 is 1.31 bits per heavy atom. The number of hydrogen-bond acceptors (Lipinski definition) is 2. The van der Waals surface area contributed by atoms with E-state index in [0.717, 1.165) is 11.3 Å². The molecule has 96 valence electrons. The number of unbranched alkanes of at least 4 members (excludes halogenated alkanes) is 2. The second-order valence-electron chi connectivity index (χ2n) is 5.92. The monoisotopic (exact) mass is 243 g/mol. The van der Waals surface area contributed by atoms with E-state index in [0.29, 0.717) is 5.41 Å². The van der Waals surface area contributed by atoms with Gasteiger partial charge in [0.1, 0.15) is 0 Å². The van der Waals surface area contributed by atoms with Crippen LogP contribution < -0.4 is 5.32 Å². The molecule has 1 N–H and O–H groups in total. The molecule has 0 aromatic carbocycles. The molecule has 0 aromatic rings. The zero-order valence-electron chi connectivity index (χ0n) is 11.5. The number of hydrogen-bond donors (Lipinski definition) is 1. The quantitative estimate of drug-likeness (QED) is 0.706. The average molecular weight is 243 g/mol. The minimum Gasteiger partial charge on any atom is -0.316 e. The Balaban J connectivity index is 2.34. The van der Waals surface area contributed by atoms with Crippen LogP contribution in [0.3, 0.4) is 0 Å². The first-order valence-corrected chi connectivity index (χ1v) is 7.93. The first-order chi connectivity index (χ1) is 7.59. The first kappa shape index (κ1) is 14.4. The molecule has 0 bridgehead atoms. The largest absolute Gasteiger partial charge is 0.316 e. The average Bonchev–Trinajstić information content (AvgIpc) is 2.24. The lowest BCUT2D eigenvalue weighted by Crippen LogP contribution is -2.43. The molecule has 0 heterocycles. The molecular formula is C14H29NS. The molecular weight excluding hydrogens is 214 g/mol. The van der Waals surface area contributed by atoms with Crippen LogP contribution in [0.15, 0.2) is 0 Å². The van der Waals surface area contributed by atoms with Gasteiger partial charge in [-0.25, -0.2) is 0 Å². The van der Waals surface area contributed by atoms with E-state index in [1.165, 1.54) is 44.3 Å². The molecule has 0 amide bonds. The predicted molar refractivity (Wildman–Crippen MR) is 76.3 cm³/mol. The molecule has 2 heteroatoms. The maximum absolute atomic E-state index is 3.51. The molecule has 1 fully saturated rings. The Kier molecular flexibility index (Phi) is 6.20. The lowest BCUT2D eigenvalue weighted by atomic mass is 9.75. The van der Waals surface area contributed by atoms with Gasteiger partial charge in [-0.3, -0.25) is 0 Å². The molecule has 2 atom stereocenters. The third kappa shape index (κ3) is 4.67. The summed E-state index contributed by atoms with van der Waals surface area (Å²) in [6, 6.07) is 0.750. The highest BCUT2D eigenvalue weighted by Crippen LogP contribution is 2.40. The van der Waals surface area contributed by atoms with Crippen LogP contribution in [-0.2, 0) is 0 Å². The summed E-state index contributed by atoms with van der Waals surface area (Å²) in [5, 5.41) is 4.35. The summed E-state index contributed by atoms with van der Waals surface area (Å²) >= 11 is 2.21. The van der Waals surface area contributed by atoms with Gasteiger partial charge in [0.05, 0.1) is 0 Å². The van der Waals surface area contributed by atoms with Gasteiger partial charge in [0.25, 0.3) is 0 Å². The van der Waals surface area contributed by atoms with Crippen LogP contribution in [0.25, 0.3) is 0 Å². The van der Waals surface area contributed by atoms with Crippen molar-refractivity contribution in [3.8, 4) is 0 Å². The van der Waals surface area contributed by atoms with Crippen molar-refractivity contribution in [2.24, 2.45) is 5.41 Å². The maximum Gasteiger partial charge on any atom is 0.0206 e. The Morgan fingerprint density at radius 2 is 2.06 bits per heavy atom. The number of thioether (sulfide) groups is 1. The molecule has 1 rings (SSSR count). The number of nitrogens with one attached hydrogen (secondary N) is 1. The molecule has 0 aromatic heterocycles. The lowest BCUT2D eigenvalue weighted by molar-refractivity contribution is 0.218. The van der Waals surface area contributed by atoms with Gasteiger partial charge in [0.2, 0.25) is 0 Å². The van der Waals surface area contributed by atoms with Gasteiger partial charge < -0.3 is 5.32 Å². The van der Waals surface area contributed by atoms with Crippen LogP contribution in [0, 0.1) is 5.41 Å². The zero-order chi connectivity index (χ0) is 12.0. The SMILES string of the molecule is CCCCCSC1CC(C)(C)CCC1NC. The van der Waals surface area contributed by atoms with Gasteiger partial charge in [0.15, 0.2) is 0 Å². The van der Waals surface area contributed by atoms with E-state index in [-0.39, 0.29) is 0 Å². The molecule has 2 unspecified atom stereocenters. The third-order valence-corrected chi connectivity index (χ3v) is 5.23. The van der Waals surface area contributed by atoms with Crippen molar-refractivity contribution < 1.29 is 0 Å². The van der Waals surface area contributed by atoms with Gasteiger partial charge in [-0.2, -0.15) is 11.8 Å². The van der Waals surface area contributed by atoms with E-state index in [1.807, 2.05) is 0 Å². The van der Waals surface area contributed by atoms with Crippen molar-refractivity contribution >= 4 is 11.8 Å². The fourth-order valence-corrected chi connectivity index (χ4v) is 4.36. The van der Waals surface area contributed by atoms with Crippen molar-refractivity contribution in [2.45, 2.75) is 70.6 Å². The summed E-state index contributed by atoms with van der Waals surface area (Å²) in [5.41, 5.74) is 0.565. The van der Waals surface area contributed by atoms with Gasteiger partial charge in [0, 0.05) is 11.3 Å². The van der Waals surface area contributed by atoms with Crippen LogP contribution in [0.2, 0.25) is 0 Å². The van der Waals surface area contributed by atoms with E-state index in [9.17, 15) is 0 Å². The molecule has 0 spiro atoms. The van der Waals surface area contributed by atoms with Crippen LogP contribution in [0.4, 0.5) is 0 Å². The Hall–Kier alpha value is 0.310. The minimum atomic E-state index is 0.565. The van der Waals surface area contributed by atoms with Crippen LogP contribution in [-0.4, -0.2) is 24.1 Å².